The lowest BCUT2D eigenvalue weighted by Gasteiger charge is -2.43. The maximum atomic E-state index is 6.24. The average molecular weight is 296 g/mol. The molecule has 2 saturated heterocycles. The van der Waals surface area contributed by atoms with Crippen molar-refractivity contribution in [1.82, 2.24) is 10.2 Å². The molecule has 3 atom stereocenters. The van der Waals surface area contributed by atoms with Crippen LogP contribution < -0.4 is 5.32 Å². The van der Waals surface area contributed by atoms with Crippen molar-refractivity contribution in [2.45, 2.75) is 84.6 Å². The third-order valence-electron chi connectivity index (χ3n) is 5.10. The molecule has 3 unspecified atom stereocenters. The maximum Gasteiger partial charge on any atom is 0.0710 e. The van der Waals surface area contributed by atoms with Crippen molar-refractivity contribution in [3.8, 4) is 0 Å². The van der Waals surface area contributed by atoms with E-state index in [2.05, 4.69) is 51.8 Å². The molecule has 0 aromatic carbocycles. The molecule has 3 heteroatoms. The largest absolute Gasteiger partial charge is 0.371 e. The highest BCUT2D eigenvalue weighted by Crippen LogP contribution is 2.31. The van der Waals surface area contributed by atoms with Crippen LogP contribution in [0.2, 0.25) is 0 Å². The van der Waals surface area contributed by atoms with Crippen LogP contribution in [0, 0.1) is 11.8 Å². The first-order valence-electron chi connectivity index (χ1n) is 8.92. The minimum absolute atomic E-state index is 0.0870. The van der Waals surface area contributed by atoms with Crippen LogP contribution in [-0.2, 0) is 4.74 Å². The Morgan fingerprint density at radius 1 is 1.24 bits per heavy atom. The molecule has 2 aliphatic rings. The van der Waals surface area contributed by atoms with Gasteiger partial charge < -0.3 is 10.1 Å². The van der Waals surface area contributed by atoms with Gasteiger partial charge in [0.2, 0.25) is 0 Å². The van der Waals surface area contributed by atoms with E-state index in [9.17, 15) is 0 Å². The molecule has 2 heterocycles. The Labute approximate surface area is 131 Å². The first kappa shape index (κ1) is 17.2. The van der Waals surface area contributed by atoms with Crippen molar-refractivity contribution >= 4 is 0 Å². The Morgan fingerprint density at radius 2 is 1.95 bits per heavy atom. The van der Waals surface area contributed by atoms with E-state index in [1.54, 1.807) is 0 Å². The van der Waals surface area contributed by atoms with Gasteiger partial charge in [-0.1, -0.05) is 27.7 Å². The van der Waals surface area contributed by atoms with E-state index in [-0.39, 0.29) is 5.60 Å². The molecule has 2 fully saturated rings. The van der Waals surface area contributed by atoms with E-state index in [1.807, 2.05) is 0 Å². The Hall–Kier alpha value is -0.120. The van der Waals surface area contributed by atoms with Gasteiger partial charge in [0.05, 0.1) is 11.7 Å². The fourth-order valence-electron chi connectivity index (χ4n) is 3.80. The Balaban J connectivity index is 1.96. The molecule has 0 bridgehead atoms. The van der Waals surface area contributed by atoms with Gasteiger partial charge in [-0.15, -0.1) is 0 Å². The monoisotopic (exact) mass is 296 g/mol. The molecule has 124 valence electrons. The zero-order valence-electron chi connectivity index (χ0n) is 15.0. The predicted octanol–water partition coefficient (Wildman–Crippen LogP) is 3.29. The second-order valence-corrected chi connectivity index (χ2v) is 8.53. The zero-order valence-corrected chi connectivity index (χ0v) is 15.0. The van der Waals surface area contributed by atoms with E-state index < -0.39 is 0 Å². The molecular weight excluding hydrogens is 260 g/mol. The molecule has 0 saturated carbocycles. The van der Waals surface area contributed by atoms with Gasteiger partial charge in [0.25, 0.3) is 0 Å². The fraction of sp³-hybridized carbons (Fsp3) is 1.00. The third kappa shape index (κ3) is 4.94. The van der Waals surface area contributed by atoms with Gasteiger partial charge in [0.1, 0.15) is 0 Å². The number of nitrogens with zero attached hydrogens (tertiary/aromatic N) is 1. The van der Waals surface area contributed by atoms with Crippen LogP contribution >= 0.6 is 0 Å². The summed E-state index contributed by atoms with van der Waals surface area (Å²) in [5.74, 6) is 1.46. The number of nitrogens with one attached hydrogen (secondary N) is 1. The molecule has 0 radical (unpaired) electrons. The van der Waals surface area contributed by atoms with Crippen molar-refractivity contribution in [3.05, 3.63) is 0 Å². The molecular formula is C18H36N2O. The van der Waals surface area contributed by atoms with E-state index >= 15 is 0 Å². The Morgan fingerprint density at radius 3 is 2.48 bits per heavy atom. The number of hydrogen-bond acceptors (Lipinski definition) is 3. The summed E-state index contributed by atoms with van der Waals surface area (Å²) < 4.78 is 6.24. The topological polar surface area (TPSA) is 24.5 Å². The highest BCUT2D eigenvalue weighted by Gasteiger charge is 2.36. The van der Waals surface area contributed by atoms with Crippen LogP contribution in [0.15, 0.2) is 0 Å². The van der Waals surface area contributed by atoms with Gasteiger partial charge in [-0.05, 0) is 44.9 Å². The van der Waals surface area contributed by atoms with Gasteiger partial charge in [-0.2, -0.15) is 0 Å². The molecule has 0 aliphatic carbocycles. The van der Waals surface area contributed by atoms with E-state index in [0.717, 1.165) is 19.0 Å². The smallest absolute Gasteiger partial charge is 0.0710 e. The lowest BCUT2D eigenvalue weighted by Crippen LogP contribution is -2.59. The third-order valence-corrected chi connectivity index (χ3v) is 5.10. The van der Waals surface area contributed by atoms with Crippen molar-refractivity contribution < 1.29 is 4.74 Å². The quantitative estimate of drug-likeness (QED) is 0.842. The summed E-state index contributed by atoms with van der Waals surface area (Å²) in [6.45, 7) is 17.2. The number of rotatable bonds is 5. The summed E-state index contributed by atoms with van der Waals surface area (Å²) in [6, 6.07) is 1.30. The van der Waals surface area contributed by atoms with Crippen LogP contribution in [0.5, 0.6) is 0 Å². The fourth-order valence-corrected chi connectivity index (χ4v) is 3.80. The number of hydrogen-bond donors (Lipinski definition) is 1. The molecule has 2 rings (SSSR count). The van der Waals surface area contributed by atoms with Crippen molar-refractivity contribution in [2.75, 3.05) is 19.6 Å². The van der Waals surface area contributed by atoms with Crippen LogP contribution in [0.4, 0.5) is 0 Å². The second kappa shape index (κ2) is 6.97. The van der Waals surface area contributed by atoms with Crippen LogP contribution in [0.25, 0.3) is 0 Å². The molecule has 0 amide bonds. The molecule has 1 N–H and O–H groups in total. The lowest BCUT2D eigenvalue weighted by atomic mass is 9.94. The molecule has 2 aliphatic heterocycles. The van der Waals surface area contributed by atoms with Gasteiger partial charge >= 0.3 is 0 Å². The van der Waals surface area contributed by atoms with E-state index in [1.165, 1.54) is 25.8 Å². The van der Waals surface area contributed by atoms with Gasteiger partial charge in [0, 0.05) is 31.7 Å². The summed E-state index contributed by atoms with van der Waals surface area (Å²) in [4.78, 5) is 2.72. The predicted molar refractivity (Wildman–Crippen MR) is 89.6 cm³/mol. The van der Waals surface area contributed by atoms with Crippen LogP contribution in [0.3, 0.4) is 0 Å². The number of piperazine rings is 1. The summed E-state index contributed by atoms with van der Waals surface area (Å²) in [5, 5.41) is 3.76. The van der Waals surface area contributed by atoms with Crippen LogP contribution in [0.1, 0.15) is 60.8 Å². The molecule has 3 nitrogen and oxygen atoms in total. The van der Waals surface area contributed by atoms with Gasteiger partial charge in [-0.25, -0.2) is 0 Å². The minimum Gasteiger partial charge on any atom is -0.371 e. The first-order valence-corrected chi connectivity index (χ1v) is 8.92. The Bertz CT molecular complexity index is 327. The second-order valence-electron chi connectivity index (χ2n) is 8.53. The standard InChI is InChI=1S/C18H36N2O/c1-13(2)9-15-10-19-17(14(3)4)12-20(15)11-16-7-8-18(5,6)21-16/h13-17,19H,7-12H2,1-6H3. The summed E-state index contributed by atoms with van der Waals surface area (Å²) in [5.41, 5.74) is 0.0870. The molecule has 21 heavy (non-hydrogen) atoms. The summed E-state index contributed by atoms with van der Waals surface area (Å²) >= 11 is 0. The highest BCUT2D eigenvalue weighted by molar-refractivity contribution is 4.91. The van der Waals surface area contributed by atoms with Crippen LogP contribution in [-0.4, -0.2) is 48.3 Å². The normalized spacial score (nSPS) is 34.0. The lowest BCUT2D eigenvalue weighted by molar-refractivity contribution is -0.0411. The van der Waals surface area contributed by atoms with Crippen molar-refractivity contribution in [3.63, 3.8) is 0 Å². The summed E-state index contributed by atoms with van der Waals surface area (Å²) in [6.07, 6.45) is 4.14. The Kier molecular flexibility index (Phi) is 5.72. The van der Waals surface area contributed by atoms with E-state index in [4.69, 9.17) is 4.74 Å². The molecule has 0 aromatic heterocycles. The minimum atomic E-state index is 0.0870. The van der Waals surface area contributed by atoms with E-state index in [0.29, 0.717) is 24.1 Å². The summed E-state index contributed by atoms with van der Waals surface area (Å²) in [7, 11) is 0. The highest BCUT2D eigenvalue weighted by atomic mass is 16.5. The molecule has 0 spiro atoms. The van der Waals surface area contributed by atoms with Crippen molar-refractivity contribution in [1.29, 1.82) is 0 Å². The first-order chi connectivity index (χ1) is 9.77. The maximum absolute atomic E-state index is 6.24. The van der Waals surface area contributed by atoms with Gasteiger partial charge in [-0.3, -0.25) is 4.90 Å². The van der Waals surface area contributed by atoms with Crippen molar-refractivity contribution in [2.24, 2.45) is 11.8 Å². The number of ether oxygens (including phenoxy) is 1. The SMILES string of the molecule is CC(C)CC1CNC(C(C)C)CN1CC1CCC(C)(C)O1. The van der Waals surface area contributed by atoms with Gasteiger partial charge in [0.15, 0.2) is 0 Å². The average Bonchev–Trinajstić information content (AvgIpc) is 2.70. The molecule has 0 aromatic rings. The zero-order chi connectivity index (χ0) is 15.6.